The zero-order valence-electron chi connectivity index (χ0n) is 6.77. The van der Waals surface area contributed by atoms with Crippen LogP contribution in [0.4, 0.5) is 4.79 Å². The smallest absolute Gasteiger partial charge is 0.305 e. The molecule has 0 bridgehead atoms. The topological polar surface area (TPSA) is 54.4 Å². The first-order valence-corrected chi connectivity index (χ1v) is 3.82. The van der Waals surface area contributed by atoms with Crippen LogP contribution in [-0.2, 0) is 0 Å². The van der Waals surface area contributed by atoms with Gasteiger partial charge in [-0.05, 0) is 18.2 Å². The fourth-order valence-electron chi connectivity index (χ4n) is 1.01. The lowest BCUT2D eigenvalue weighted by Crippen LogP contribution is -2.11. The molecule has 0 saturated carbocycles. The van der Waals surface area contributed by atoms with Crippen LogP contribution >= 0.6 is 0 Å². The minimum atomic E-state index is -0.331. The van der Waals surface area contributed by atoms with Crippen LogP contribution in [0.25, 0.3) is 6.08 Å². The van der Waals surface area contributed by atoms with E-state index in [1.165, 1.54) is 6.21 Å². The molecule has 0 spiro atoms. The van der Waals surface area contributed by atoms with Gasteiger partial charge in [-0.2, -0.15) is 4.99 Å². The molecule has 13 heavy (non-hydrogen) atoms. The molecule has 1 aromatic rings. The number of hydrogen-bond donors (Lipinski definition) is 1. The van der Waals surface area contributed by atoms with Gasteiger partial charge in [-0.3, -0.25) is 4.98 Å². The van der Waals surface area contributed by atoms with Gasteiger partial charge in [0.25, 0.3) is 0 Å². The van der Waals surface area contributed by atoms with Gasteiger partial charge in [-0.25, -0.2) is 4.79 Å². The van der Waals surface area contributed by atoms with E-state index in [4.69, 9.17) is 0 Å². The van der Waals surface area contributed by atoms with Gasteiger partial charge in [0.2, 0.25) is 0 Å². The SMILES string of the molecule is O=C1N=CC(=Cc2ccccn2)N1. The standard InChI is InChI=1S/C9H7N3O/c13-9-11-6-8(12-9)5-7-3-1-2-4-10-7/h1-6H,(H,12,13). The van der Waals surface area contributed by atoms with E-state index in [0.717, 1.165) is 5.69 Å². The molecular weight excluding hydrogens is 166 g/mol. The van der Waals surface area contributed by atoms with Crippen molar-refractivity contribution < 1.29 is 4.79 Å². The van der Waals surface area contributed by atoms with Gasteiger partial charge in [-0.1, -0.05) is 6.07 Å². The van der Waals surface area contributed by atoms with Crippen LogP contribution in [-0.4, -0.2) is 17.2 Å². The number of nitrogens with zero attached hydrogens (tertiary/aromatic N) is 2. The average molecular weight is 173 g/mol. The third-order valence-corrected chi connectivity index (χ3v) is 1.56. The molecule has 0 fully saturated rings. The zero-order chi connectivity index (χ0) is 9.10. The molecule has 0 atom stereocenters. The molecule has 0 radical (unpaired) electrons. The van der Waals surface area contributed by atoms with Crippen LogP contribution in [0.15, 0.2) is 35.1 Å². The van der Waals surface area contributed by atoms with Gasteiger partial charge in [0.05, 0.1) is 17.6 Å². The van der Waals surface area contributed by atoms with Crippen molar-refractivity contribution in [3.8, 4) is 0 Å². The Balaban J connectivity index is 2.23. The van der Waals surface area contributed by atoms with Crippen LogP contribution in [0.3, 0.4) is 0 Å². The quantitative estimate of drug-likeness (QED) is 0.694. The predicted octanol–water partition coefficient (Wildman–Crippen LogP) is 1.22. The molecule has 1 aliphatic rings. The summed E-state index contributed by atoms with van der Waals surface area (Å²) in [4.78, 5) is 18.3. The maximum absolute atomic E-state index is 10.7. The van der Waals surface area contributed by atoms with E-state index < -0.39 is 0 Å². The molecule has 2 heterocycles. The van der Waals surface area contributed by atoms with E-state index >= 15 is 0 Å². The number of aliphatic imine (C=N–C) groups is 1. The summed E-state index contributed by atoms with van der Waals surface area (Å²) in [6.45, 7) is 0. The van der Waals surface area contributed by atoms with Crippen LogP contribution in [0.5, 0.6) is 0 Å². The molecule has 1 aromatic heterocycles. The third kappa shape index (κ3) is 1.79. The van der Waals surface area contributed by atoms with Gasteiger partial charge < -0.3 is 5.32 Å². The number of carbonyl (C=O) groups excluding carboxylic acids is 1. The minimum Gasteiger partial charge on any atom is -0.305 e. The molecular formula is C9H7N3O. The lowest BCUT2D eigenvalue weighted by Gasteiger charge is -1.93. The molecule has 1 aliphatic heterocycles. The largest absolute Gasteiger partial charge is 0.345 e. The highest BCUT2D eigenvalue weighted by Gasteiger charge is 2.07. The zero-order valence-corrected chi connectivity index (χ0v) is 6.77. The second-order valence-corrected chi connectivity index (χ2v) is 2.54. The van der Waals surface area contributed by atoms with E-state index in [1.807, 2.05) is 18.2 Å². The second-order valence-electron chi connectivity index (χ2n) is 2.54. The van der Waals surface area contributed by atoms with E-state index in [0.29, 0.717) is 5.70 Å². The van der Waals surface area contributed by atoms with Crippen molar-refractivity contribution in [2.45, 2.75) is 0 Å². The Morgan fingerprint density at radius 3 is 2.92 bits per heavy atom. The molecule has 0 aromatic carbocycles. The normalized spacial score (nSPS) is 17.8. The van der Waals surface area contributed by atoms with Crippen LogP contribution in [0.2, 0.25) is 0 Å². The summed E-state index contributed by atoms with van der Waals surface area (Å²) >= 11 is 0. The summed E-state index contributed by atoms with van der Waals surface area (Å²) in [6, 6.07) is 5.24. The number of urea groups is 1. The first-order valence-electron chi connectivity index (χ1n) is 3.82. The number of amides is 2. The van der Waals surface area contributed by atoms with Crippen molar-refractivity contribution in [1.29, 1.82) is 0 Å². The first kappa shape index (κ1) is 7.67. The highest BCUT2D eigenvalue weighted by Crippen LogP contribution is 2.02. The summed E-state index contributed by atoms with van der Waals surface area (Å²) in [6.07, 6.45) is 4.94. The van der Waals surface area contributed by atoms with Crippen molar-refractivity contribution in [2.24, 2.45) is 4.99 Å². The van der Waals surface area contributed by atoms with Gasteiger partial charge in [0, 0.05) is 6.20 Å². The number of aromatic nitrogens is 1. The Morgan fingerprint density at radius 1 is 1.38 bits per heavy atom. The van der Waals surface area contributed by atoms with Gasteiger partial charge in [-0.15, -0.1) is 0 Å². The molecule has 1 N–H and O–H groups in total. The van der Waals surface area contributed by atoms with Gasteiger partial charge >= 0.3 is 6.03 Å². The summed E-state index contributed by atoms with van der Waals surface area (Å²) < 4.78 is 0. The average Bonchev–Trinajstić information content (AvgIpc) is 2.53. The van der Waals surface area contributed by atoms with E-state index in [1.54, 1.807) is 12.3 Å². The van der Waals surface area contributed by atoms with Crippen molar-refractivity contribution in [2.75, 3.05) is 0 Å². The molecule has 2 rings (SSSR count). The van der Waals surface area contributed by atoms with Gasteiger partial charge in [0.1, 0.15) is 0 Å². The number of carbonyl (C=O) groups is 1. The van der Waals surface area contributed by atoms with Crippen LogP contribution in [0.1, 0.15) is 5.69 Å². The Labute approximate surface area is 75.0 Å². The lowest BCUT2D eigenvalue weighted by molar-refractivity contribution is 0.253. The number of allylic oxidation sites excluding steroid dienone is 1. The lowest BCUT2D eigenvalue weighted by atomic mass is 10.3. The fourth-order valence-corrected chi connectivity index (χ4v) is 1.01. The Morgan fingerprint density at radius 2 is 2.31 bits per heavy atom. The van der Waals surface area contributed by atoms with Crippen LogP contribution < -0.4 is 5.32 Å². The number of rotatable bonds is 1. The summed E-state index contributed by atoms with van der Waals surface area (Å²) in [7, 11) is 0. The number of nitrogens with one attached hydrogen (secondary N) is 1. The van der Waals surface area contributed by atoms with E-state index in [9.17, 15) is 4.79 Å². The molecule has 2 amide bonds. The Bertz CT molecular complexity index is 381. The highest BCUT2D eigenvalue weighted by molar-refractivity contribution is 6.02. The van der Waals surface area contributed by atoms with Crippen molar-refractivity contribution in [1.82, 2.24) is 10.3 Å². The summed E-state index contributed by atoms with van der Waals surface area (Å²) in [5.41, 5.74) is 1.47. The summed E-state index contributed by atoms with van der Waals surface area (Å²) in [5, 5.41) is 2.56. The first-order chi connectivity index (χ1) is 6.34. The molecule has 0 aliphatic carbocycles. The van der Waals surface area contributed by atoms with E-state index in [2.05, 4.69) is 15.3 Å². The molecule has 0 saturated heterocycles. The molecule has 4 nitrogen and oxygen atoms in total. The molecule has 64 valence electrons. The number of hydrogen-bond acceptors (Lipinski definition) is 2. The number of pyridine rings is 1. The minimum absolute atomic E-state index is 0.331. The predicted molar refractivity (Wildman–Crippen MR) is 49.2 cm³/mol. The van der Waals surface area contributed by atoms with Crippen molar-refractivity contribution in [3.05, 3.63) is 35.8 Å². The van der Waals surface area contributed by atoms with Crippen molar-refractivity contribution >= 4 is 18.3 Å². The van der Waals surface area contributed by atoms with Crippen molar-refractivity contribution in [3.63, 3.8) is 0 Å². The maximum Gasteiger partial charge on any atom is 0.345 e. The molecule has 4 heteroatoms. The Kier molecular flexibility index (Phi) is 1.88. The second kappa shape index (κ2) is 3.18. The fraction of sp³-hybridized carbons (Fsp3) is 0. The summed E-state index contributed by atoms with van der Waals surface area (Å²) in [5.74, 6) is 0. The monoisotopic (exact) mass is 173 g/mol. The third-order valence-electron chi connectivity index (χ3n) is 1.56. The Hall–Kier alpha value is -1.97. The van der Waals surface area contributed by atoms with Gasteiger partial charge in [0.15, 0.2) is 0 Å². The van der Waals surface area contributed by atoms with Crippen LogP contribution in [0, 0.1) is 0 Å². The maximum atomic E-state index is 10.7. The highest BCUT2D eigenvalue weighted by atomic mass is 16.2. The molecule has 0 unspecified atom stereocenters. The van der Waals surface area contributed by atoms with E-state index in [-0.39, 0.29) is 6.03 Å².